The molecule has 0 aromatic carbocycles. The van der Waals surface area contributed by atoms with E-state index in [0.717, 1.165) is 6.40 Å². The monoisotopic (exact) mass is 127 g/mol. The summed E-state index contributed by atoms with van der Waals surface area (Å²) in [4.78, 5) is 13.7. The molecule has 0 spiro atoms. The largest absolute Gasteiger partial charge is 0.475 e. The molecule has 0 aliphatic carbocycles. The average molecular weight is 127 g/mol. The molecule has 4 heteroatoms. The normalized spacial score (nSPS) is 16.2. The Labute approximate surface area is 51.5 Å². The summed E-state index contributed by atoms with van der Waals surface area (Å²) < 4.78 is 4.51. The van der Waals surface area contributed by atoms with Gasteiger partial charge in [0.25, 0.3) is 0 Å². The molecule has 0 saturated carbocycles. The van der Waals surface area contributed by atoms with Crippen molar-refractivity contribution < 1.29 is 14.6 Å². The third-order valence-corrected chi connectivity index (χ3v) is 0.847. The van der Waals surface area contributed by atoms with E-state index in [1.807, 2.05) is 0 Å². The van der Waals surface area contributed by atoms with E-state index in [-0.39, 0.29) is 5.76 Å². The number of carboxylic acids is 1. The fraction of sp³-hybridized carbons (Fsp3) is 0.200. The highest BCUT2D eigenvalue weighted by molar-refractivity contribution is 5.86. The van der Waals surface area contributed by atoms with Crippen LogP contribution < -0.4 is 0 Å². The van der Waals surface area contributed by atoms with Gasteiger partial charge < -0.3 is 9.84 Å². The SMILES string of the molecule is O=C(O)C1=CCN=CO1. The Morgan fingerprint density at radius 1 is 1.89 bits per heavy atom. The van der Waals surface area contributed by atoms with Gasteiger partial charge in [0.05, 0.1) is 6.54 Å². The summed E-state index contributed by atoms with van der Waals surface area (Å²) in [7, 11) is 0. The Balaban J connectivity index is 2.61. The van der Waals surface area contributed by atoms with Gasteiger partial charge in [-0.2, -0.15) is 0 Å². The summed E-state index contributed by atoms with van der Waals surface area (Å²) in [5, 5.41) is 8.28. The van der Waals surface area contributed by atoms with Crippen LogP contribution in [0.15, 0.2) is 16.8 Å². The highest BCUT2D eigenvalue weighted by Gasteiger charge is 2.08. The highest BCUT2D eigenvalue weighted by Crippen LogP contribution is 1.99. The van der Waals surface area contributed by atoms with Crippen LogP contribution in [-0.2, 0) is 9.53 Å². The van der Waals surface area contributed by atoms with Crippen molar-refractivity contribution in [2.45, 2.75) is 0 Å². The van der Waals surface area contributed by atoms with Crippen molar-refractivity contribution >= 4 is 12.4 Å². The molecule has 1 aliphatic rings. The molecule has 0 bridgehead atoms. The zero-order valence-electron chi connectivity index (χ0n) is 4.57. The smallest absolute Gasteiger partial charge is 0.371 e. The molecule has 0 saturated heterocycles. The third kappa shape index (κ3) is 1.28. The molecule has 0 aromatic rings. The van der Waals surface area contributed by atoms with Gasteiger partial charge in [-0.1, -0.05) is 0 Å². The number of aliphatic imine (C=N–C) groups is 1. The van der Waals surface area contributed by atoms with E-state index >= 15 is 0 Å². The van der Waals surface area contributed by atoms with E-state index in [1.54, 1.807) is 0 Å². The first kappa shape index (κ1) is 5.81. The van der Waals surface area contributed by atoms with Crippen LogP contribution in [0.25, 0.3) is 0 Å². The average Bonchev–Trinajstić information content (AvgIpc) is 1.90. The second-order valence-electron chi connectivity index (χ2n) is 1.46. The number of hydrogen-bond acceptors (Lipinski definition) is 3. The Hall–Kier alpha value is -1.32. The molecule has 0 atom stereocenters. The van der Waals surface area contributed by atoms with Gasteiger partial charge in [0.15, 0.2) is 6.40 Å². The highest BCUT2D eigenvalue weighted by atomic mass is 16.5. The van der Waals surface area contributed by atoms with Crippen molar-refractivity contribution in [2.24, 2.45) is 4.99 Å². The van der Waals surface area contributed by atoms with E-state index in [1.165, 1.54) is 6.08 Å². The summed E-state index contributed by atoms with van der Waals surface area (Å²) >= 11 is 0. The van der Waals surface area contributed by atoms with Gasteiger partial charge in [0, 0.05) is 0 Å². The van der Waals surface area contributed by atoms with Crippen molar-refractivity contribution in [3.8, 4) is 0 Å². The lowest BCUT2D eigenvalue weighted by Crippen LogP contribution is -2.07. The summed E-state index contributed by atoms with van der Waals surface area (Å²) in [6, 6.07) is 0. The Morgan fingerprint density at radius 2 is 2.67 bits per heavy atom. The summed E-state index contributed by atoms with van der Waals surface area (Å²) in [6.45, 7) is 0.391. The third-order valence-electron chi connectivity index (χ3n) is 0.847. The van der Waals surface area contributed by atoms with Gasteiger partial charge in [-0.05, 0) is 6.08 Å². The van der Waals surface area contributed by atoms with E-state index in [4.69, 9.17) is 5.11 Å². The van der Waals surface area contributed by atoms with Crippen molar-refractivity contribution in [3.05, 3.63) is 11.8 Å². The fourth-order valence-electron chi connectivity index (χ4n) is 0.459. The van der Waals surface area contributed by atoms with Crippen LogP contribution >= 0.6 is 0 Å². The molecule has 9 heavy (non-hydrogen) atoms. The van der Waals surface area contributed by atoms with Crippen LogP contribution in [0.5, 0.6) is 0 Å². The lowest BCUT2D eigenvalue weighted by atomic mass is 10.4. The zero-order valence-corrected chi connectivity index (χ0v) is 4.57. The van der Waals surface area contributed by atoms with E-state index in [0.29, 0.717) is 6.54 Å². The molecule has 0 radical (unpaired) electrons. The molecule has 0 aromatic heterocycles. The van der Waals surface area contributed by atoms with Crippen molar-refractivity contribution in [1.82, 2.24) is 0 Å². The Morgan fingerprint density at radius 3 is 3.00 bits per heavy atom. The summed E-state index contributed by atoms with van der Waals surface area (Å²) in [5.74, 6) is -1.11. The second kappa shape index (κ2) is 2.30. The van der Waals surface area contributed by atoms with Gasteiger partial charge in [0.1, 0.15) is 0 Å². The van der Waals surface area contributed by atoms with Crippen LogP contribution in [0, 0.1) is 0 Å². The molecule has 0 amide bonds. The van der Waals surface area contributed by atoms with Gasteiger partial charge in [-0.3, -0.25) is 4.99 Å². The number of ether oxygens (including phenoxy) is 1. The molecule has 0 fully saturated rings. The van der Waals surface area contributed by atoms with Gasteiger partial charge in [-0.25, -0.2) is 4.79 Å². The fourth-order valence-corrected chi connectivity index (χ4v) is 0.459. The Kier molecular flexibility index (Phi) is 1.48. The van der Waals surface area contributed by atoms with Crippen LogP contribution in [0.1, 0.15) is 0 Å². The van der Waals surface area contributed by atoms with Crippen molar-refractivity contribution in [1.29, 1.82) is 0 Å². The maximum atomic E-state index is 10.1. The summed E-state index contributed by atoms with van der Waals surface area (Å²) in [5.41, 5.74) is 0. The quantitative estimate of drug-likeness (QED) is 0.539. The Bertz CT molecular complexity index is 183. The van der Waals surface area contributed by atoms with Crippen LogP contribution in [-0.4, -0.2) is 24.0 Å². The first-order chi connectivity index (χ1) is 4.30. The van der Waals surface area contributed by atoms with E-state index in [2.05, 4.69) is 9.73 Å². The van der Waals surface area contributed by atoms with E-state index in [9.17, 15) is 4.79 Å². The number of carbonyl (C=O) groups is 1. The number of aliphatic carboxylic acids is 1. The molecular weight excluding hydrogens is 122 g/mol. The number of carboxylic acid groups (broad SMARTS) is 1. The number of nitrogens with zero attached hydrogens (tertiary/aromatic N) is 1. The molecule has 4 nitrogen and oxygen atoms in total. The van der Waals surface area contributed by atoms with Crippen LogP contribution in [0.4, 0.5) is 0 Å². The first-order valence-corrected chi connectivity index (χ1v) is 2.39. The molecule has 48 valence electrons. The number of hydrogen-bond donors (Lipinski definition) is 1. The standard InChI is InChI=1S/C5H5NO3/c7-5(8)4-1-2-6-3-9-4/h1,3H,2H2,(H,7,8). The zero-order chi connectivity index (χ0) is 6.69. The summed E-state index contributed by atoms with van der Waals surface area (Å²) in [6.07, 6.45) is 2.53. The van der Waals surface area contributed by atoms with Crippen molar-refractivity contribution in [3.63, 3.8) is 0 Å². The minimum Gasteiger partial charge on any atom is -0.475 e. The minimum atomic E-state index is -1.05. The van der Waals surface area contributed by atoms with Gasteiger partial charge in [-0.15, -0.1) is 0 Å². The van der Waals surface area contributed by atoms with Gasteiger partial charge in [0.2, 0.25) is 5.76 Å². The van der Waals surface area contributed by atoms with E-state index < -0.39 is 5.97 Å². The second-order valence-corrected chi connectivity index (χ2v) is 1.46. The lowest BCUT2D eigenvalue weighted by Gasteiger charge is -2.02. The number of rotatable bonds is 1. The molecule has 1 rings (SSSR count). The van der Waals surface area contributed by atoms with Crippen molar-refractivity contribution in [2.75, 3.05) is 6.54 Å². The predicted molar refractivity (Wildman–Crippen MR) is 30.2 cm³/mol. The topological polar surface area (TPSA) is 58.9 Å². The molecule has 1 heterocycles. The maximum absolute atomic E-state index is 10.1. The lowest BCUT2D eigenvalue weighted by molar-refractivity contribution is -0.135. The molecule has 1 aliphatic heterocycles. The first-order valence-electron chi connectivity index (χ1n) is 2.39. The molecule has 0 unspecified atom stereocenters. The predicted octanol–water partition coefficient (Wildman–Crippen LogP) is 0.0134. The van der Waals surface area contributed by atoms with Gasteiger partial charge >= 0.3 is 5.97 Å². The molecule has 1 N–H and O–H groups in total. The minimum absolute atomic E-state index is 0.0509. The van der Waals surface area contributed by atoms with Crippen LogP contribution in [0.2, 0.25) is 0 Å². The molecular formula is C5H5NO3. The maximum Gasteiger partial charge on any atom is 0.371 e. The van der Waals surface area contributed by atoms with Crippen LogP contribution in [0.3, 0.4) is 0 Å².